The molecule has 3 aromatic rings. The first-order valence-corrected chi connectivity index (χ1v) is 15.3. The number of ether oxygens (including phenoxy) is 1. The molecule has 40 heavy (non-hydrogen) atoms. The number of amides is 3. The Balaban J connectivity index is 1.61. The molecule has 214 valence electrons. The average molecular weight is 587 g/mol. The smallest absolute Gasteiger partial charge is 0.408 e. The Morgan fingerprint density at radius 2 is 1.55 bits per heavy atom. The van der Waals surface area contributed by atoms with Gasteiger partial charge in [0.25, 0.3) is 5.91 Å². The fraction of sp³-hybridized carbons (Fsp3) is 0.357. The molecule has 0 spiro atoms. The van der Waals surface area contributed by atoms with E-state index in [4.69, 9.17) is 4.74 Å². The molecular formula is C28H34N4O6S2. The van der Waals surface area contributed by atoms with Gasteiger partial charge in [-0.3, -0.25) is 9.59 Å². The van der Waals surface area contributed by atoms with Crippen LogP contribution in [0.5, 0.6) is 0 Å². The number of anilines is 2. The second kappa shape index (κ2) is 13.1. The molecule has 0 saturated carbocycles. The zero-order valence-corrected chi connectivity index (χ0v) is 24.8. The van der Waals surface area contributed by atoms with Crippen molar-refractivity contribution in [2.45, 2.75) is 57.4 Å². The van der Waals surface area contributed by atoms with E-state index >= 15 is 0 Å². The molecule has 0 fully saturated rings. The SMILES string of the molecule is CC(=O)Nc1nc(CCc2ccc(NC(=O)COC(=O)NC(C)(C)C)cc2)c(Cc2ccc(S(C)(=O)=O)cc2)s1. The molecule has 3 amide bonds. The van der Waals surface area contributed by atoms with Crippen LogP contribution in [0.1, 0.15) is 49.4 Å². The molecule has 3 rings (SSSR count). The number of benzene rings is 2. The fourth-order valence-electron chi connectivity index (χ4n) is 3.65. The highest BCUT2D eigenvalue weighted by Gasteiger charge is 2.16. The van der Waals surface area contributed by atoms with E-state index in [0.29, 0.717) is 30.1 Å². The first-order valence-electron chi connectivity index (χ1n) is 12.6. The average Bonchev–Trinajstić information content (AvgIpc) is 3.21. The highest BCUT2D eigenvalue weighted by Crippen LogP contribution is 2.27. The predicted octanol–water partition coefficient (Wildman–Crippen LogP) is 4.34. The Morgan fingerprint density at radius 1 is 0.925 bits per heavy atom. The molecule has 0 radical (unpaired) electrons. The summed E-state index contributed by atoms with van der Waals surface area (Å²) in [5.74, 6) is -0.652. The van der Waals surface area contributed by atoms with Gasteiger partial charge in [-0.1, -0.05) is 24.3 Å². The summed E-state index contributed by atoms with van der Waals surface area (Å²) in [5.41, 5.74) is 2.93. The summed E-state index contributed by atoms with van der Waals surface area (Å²) in [6, 6.07) is 14.1. The largest absolute Gasteiger partial charge is 0.439 e. The molecule has 0 saturated heterocycles. The predicted molar refractivity (Wildman–Crippen MR) is 155 cm³/mol. The third-order valence-electron chi connectivity index (χ3n) is 5.48. The zero-order chi connectivity index (χ0) is 29.5. The molecule has 0 unspecified atom stereocenters. The summed E-state index contributed by atoms with van der Waals surface area (Å²) in [5, 5.41) is 8.58. The van der Waals surface area contributed by atoms with E-state index in [9.17, 15) is 22.8 Å². The van der Waals surface area contributed by atoms with Gasteiger partial charge >= 0.3 is 6.09 Å². The van der Waals surface area contributed by atoms with Crippen LogP contribution >= 0.6 is 11.3 Å². The monoisotopic (exact) mass is 586 g/mol. The van der Waals surface area contributed by atoms with Gasteiger partial charge in [0.1, 0.15) is 0 Å². The Morgan fingerprint density at radius 3 is 2.12 bits per heavy atom. The number of aryl methyl sites for hydroxylation is 2. The van der Waals surface area contributed by atoms with Crippen molar-refractivity contribution in [3.8, 4) is 0 Å². The first kappa shape index (κ1) is 30.8. The molecule has 3 N–H and O–H groups in total. The number of hydrogen-bond acceptors (Lipinski definition) is 8. The highest BCUT2D eigenvalue weighted by atomic mass is 32.2. The minimum atomic E-state index is -3.27. The second-order valence-electron chi connectivity index (χ2n) is 10.4. The van der Waals surface area contributed by atoms with E-state index in [2.05, 4.69) is 20.9 Å². The van der Waals surface area contributed by atoms with Gasteiger partial charge in [0.05, 0.1) is 10.6 Å². The molecule has 0 aliphatic rings. The number of carbonyl (C=O) groups excluding carboxylic acids is 3. The van der Waals surface area contributed by atoms with Gasteiger partial charge in [0.15, 0.2) is 21.6 Å². The zero-order valence-electron chi connectivity index (χ0n) is 23.2. The van der Waals surface area contributed by atoms with Crippen molar-refractivity contribution in [1.29, 1.82) is 0 Å². The number of aromatic nitrogens is 1. The second-order valence-corrected chi connectivity index (χ2v) is 13.5. The lowest BCUT2D eigenvalue weighted by Crippen LogP contribution is -2.41. The van der Waals surface area contributed by atoms with E-state index < -0.39 is 34.0 Å². The Bertz CT molecular complexity index is 1460. The fourth-order valence-corrected chi connectivity index (χ4v) is 5.37. The third kappa shape index (κ3) is 10.1. The van der Waals surface area contributed by atoms with Crippen molar-refractivity contribution >= 4 is 49.9 Å². The van der Waals surface area contributed by atoms with Crippen LogP contribution < -0.4 is 16.0 Å². The van der Waals surface area contributed by atoms with Gasteiger partial charge in [0.2, 0.25) is 5.91 Å². The number of alkyl carbamates (subject to hydrolysis) is 1. The molecule has 0 bridgehead atoms. The van der Waals surface area contributed by atoms with Gasteiger partial charge < -0.3 is 20.7 Å². The van der Waals surface area contributed by atoms with Gasteiger partial charge in [-0.25, -0.2) is 18.2 Å². The van der Waals surface area contributed by atoms with Gasteiger partial charge in [-0.2, -0.15) is 0 Å². The van der Waals surface area contributed by atoms with Crippen LogP contribution in [0.15, 0.2) is 53.4 Å². The number of nitrogens with zero attached hydrogens (tertiary/aromatic N) is 1. The molecule has 2 aromatic carbocycles. The van der Waals surface area contributed by atoms with Crippen LogP contribution in [0.2, 0.25) is 0 Å². The lowest BCUT2D eigenvalue weighted by atomic mass is 10.0. The van der Waals surface area contributed by atoms with Gasteiger partial charge in [-0.05, 0) is 69.0 Å². The maximum absolute atomic E-state index is 12.1. The lowest BCUT2D eigenvalue weighted by molar-refractivity contribution is -0.119. The molecule has 10 nitrogen and oxygen atoms in total. The van der Waals surface area contributed by atoms with E-state index in [0.717, 1.165) is 21.7 Å². The highest BCUT2D eigenvalue weighted by molar-refractivity contribution is 7.90. The molecule has 0 aliphatic heterocycles. The van der Waals surface area contributed by atoms with Crippen LogP contribution in [-0.2, 0) is 43.4 Å². The Labute approximate surface area is 238 Å². The van der Waals surface area contributed by atoms with E-state index in [1.165, 1.54) is 24.5 Å². The van der Waals surface area contributed by atoms with Crippen LogP contribution in [0.4, 0.5) is 15.6 Å². The van der Waals surface area contributed by atoms with Crippen molar-refractivity contribution in [2.75, 3.05) is 23.5 Å². The summed E-state index contributed by atoms with van der Waals surface area (Å²) in [7, 11) is -3.27. The van der Waals surface area contributed by atoms with E-state index in [-0.39, 0.29) is 10.8 Å². The van der Waals surface area contributed by atoms with Gasteiger partial charge in [0, 0.05) is 35.7 Å². The molecule has 0 atom stereocenters. The van der Waals surface area contributed by atoms with Gasteiger partial charge in [-0.15, -0.1) is 11.3 Å². The standard InChI is InChI=1S/C28H34N4O6S2/c1-18(33)29-26-31-23(24(39-26)16-20-8-13-22(14-9-20)40(5,36)37)15-10-19-6-11-21(12-7-19)30-25(34)17-38-27(35)32-28(2,3)4/h6-9,11-14H,10,15-17H2,1-5H3,(H,30,34)(H,32,35)(H,29,31,33). The van der Waals surface area contributed by atoms with Crippen molar-refractivity contribution < 1.29 is 27.5 Å². The van der Waals surface area contributed by atoms with Crippen LogP contribution in [0.3, 0.4) is 0 Å². The normalized spacial score (nSPS) is 11.5. The summed E-state index contributed by atoms with van der Waals surface area (Å²) < 4.78 is 28.5. The quantitative estimate of drug-likeness (QED) is 0.321. The number of hydrogen-bond donors (Lipinski definition) is 3. The van der Waals surface area contributed by atoms with Crippen LogP contribution in [-0.4, -0.2) is 49.7 Å². The Kier molecular flexibility index (Phi) is 10.0. The third-order valence-corrected chi connectivity index (χ3v) is 7.62. The summed E-state index contributed by atoms with van der Waals surface area (Å²) in [4.78, 5) is 41.3. The molecule has 1 heterocycles. The summed E-state index contributed by atoms with van der Waals surface area (Å²) >= 11 is 1.40. The molecule has 1 aromatic heterocycles. The van der Waals surface area contributed by atoms with Crippen LogP contribution in [0, 0.1) is 0 Å². The summed E-state index contributed by atoms with van der Waals surface area (Å²) in [6.45, 7) is 6.47. The summed E-state index contributed by atoms with van der Waals surface area (Å²) in [6.07, 6.45) is 2.36. The van der Waals surface area contributed by atoms with Crippen molar-refractivity contribution in [3.05, 3.63) is 70.2 Å². The lowest BCUT2D eigenvalue weighted by Gasteiger charge is -2.19. The van der Waals surface area contributed by atoms with Crippen molar-refractivity contribution in [3.63, 3.8) is 0 Å². The minimum absolute atomic E-state index is 0.206. The maximum atomic E-state index is 12.1. The first-order chi connectivity index (χ1) is 18.7. The van der Waals surface area contributed by atoms with E-state index in [1.807, 2.05) is 32.9 Å². The number of thiazole rings is 1. The number of sulfone groups is 1. The number of rotatable bonds is 10. The van der Waals surface area contributed by atoms with Crippen molar-refractivity contribution in [2.24, 2.45) is 0 Å². The minimum Gasteiger partial charge on any atom is -0.439 e. The van der Waals surface area contributed by atoms with E-state index in [1.54, 1.807) is 36.4 Å². The number of nitrogens with one attached hydrogen (secondary N) is 3. The maximum Gasteiger partial charge on any atom is 0.408 e. The van der Waals surface area contributed by atoms with Crippen molar-refractivity contribution in [1.82, 2.24) is 10.3 Å². The molecular weight excluding hydrogens is 552 g/mol. The number of carbonyl (C=O) groups is 3. The molecule has 12 heteroatoms. The Hall–Kier alpha value is -3.77. The topological polar surface area (TPSA) is 144 Å². The van der Waals surface area contributed by atoms with Crippen LogP contribution in [0.25, 0.3) is 0 Å². The molecule has 0 aliphatic carbocycles.